The van der Waals surface area contributed by atoms with Crippen LogP contribution in [0.2, 0.25) is 0 Å². The van der Waals surface area contributed by atoms with Crippen LogP contribution in [0.5, 0.6) is 0 Å². The van der Waals surface area contributed by atoms with E-state index >= 15 is 0 Å². The first-order valence-corrected chi connectivity index (χ1v) is 8.45. The topological polar surface area (TPSA) is 98.7 Å². The SMILES string of the molecule is Br.Br.CCCC(NCCCCCCNC(CCC)C(=O)O)C(=O)O. The summed E-state index contributed by atoms with van der Waals surface area (Å²) in [5, 5.41) is 24.1. The molecule has 0 bridgehead atoms. The van der Waals surface area contributed by atoms with Crippen LogP contribution in [0.3, 0.4) is 0 Å². The number of hydrogen-bond donors (Lipinski definition) is 4. The maximum atomic E-state index is 10.9. The van der Waals surface area contributed by atoms with Gasteiger partial charge in [-0.05, 0) is 38.8 Å². The monoisotopic (exact) mass is 476 g/mol. The number of aliphatic carboxylic acids is 2. The minimum atomic E-state index is -0.776. The van der Waals surface area contributed by atoms with Gasteiger partial charge in [0.2, 0.25) is 0 Å². The summed E-state index contributed by atoms with van der Waals surface area (Å²) in [6, 6.07) is -0.867. The van der Waals surface area contributed by atoms with Gasteiger partial charge in [-0.2, -0.15) is 0 Å². The Hall–Kier alpha value is -0.180. The molecular weight excluding hydrogens is 444 g/mol. The van der Waals surface area contributed by atoms with Crippen LogP contribution in [0, 0.1) is 0 Å². The van der Waals surface area contributed by atoms with E-state index in [-0.39, 0.29) is 34.0 Å². The Kier molecular flexibility index (Phi) is 22.8. The predicted molar refractivity (Wildman–Crippen MR) is 108 cm³/mol. The van der Waals surface area contributed by atoms with Gasteiger partial charge in [-0.3, -0.25) is 9.59 Å². The Labute approximate surface area is 166 Å². The highest BCUT2D eigenvalue weighted by molar-refractivity contribution is 8.93. The van der Waals surface area contributed by atoms with E-state index in [4.69, 9.17) is 10.2 Å². The summed E-state index contributed by atoms with van der Waals surface area (Å²) in [5.41, 5.74) is 0. The number of carbonyl (C=O) groups is 2. The molecule has 2 atom stereocenters. The minimum Gasteiger partial charge on any atom is -0.480 e. The van der Waals surface area contributed by atoms with E-state index in [1.807, 2.05) is 13.8 Å². The highest BCUT2D eigenvalue weighted by Crippen LogP contribution is 2.02. The van der Waals surface area contributed by atoms with E-state index in [1.165, 1.54) is 0 Å². The van der Waals surface area contributed by atoms with Crippen LogP contribution in [0.25, 0.3) is 0 Å². The van der Waals surface area contributed by atoms with Gasteiger partial charge in [0.1, 0.15) is 12.1 Å². The lowest BCUT2D eigenvalue weighted by Gasteiger charge is -2.14. The lowest BCUT2D eigenvalue weighted by atomic mass is 10.1. The van der Waals surface area contributed by atoms with Gasteiger partial charge in [0.05, 0.1) is 0 Å². The zero-order valence-corrected chi connectivity index (χ0v) is 18.2. The lowest BCUT2D eigenvalue weighted by molar-refractivity contribution is -0.140. The normalized spacial score (nSPS) is 12.6. The number of carboxylic acids is 2. The Morgan fingerprint density at radius 3 is 1.33 bits per heavy atom. The molecule has 0 aromatic carbocycles. The summed E-state index contributed by atoms with van der Waals surface area (Å²) in [6.07, 6.45) is 6.99. The van der Waals surface area contributed by atoms with Crippen LogP contribution in [0.1, 0.15) is 65.2 Å². The number of hydrogen-bond acceptors (Lipinski definition) is 4. The molecule has 0 aliphatic carbocycles. The fourth-order valence-corrected chi connectivity index (χ4v) is 2.36. The molecule has 0 aliphatic rings. The van der Waals surface area contributed by atoms with Crippen LogP contribution in [0.15, 0.2) is 0 Å². The van der Waals surface area contributed by atoms with Crippen molar-refractivity contribution in [1.82, 2.24) is 10.6 Å². The van der Waals surface area contributed by atoms with E-state index in [0.29, 0.717) is 12.8 Å². The molecule has 0 aromatic heterocycles. The van der Waals surface area contributed by atoms with Crippen LogP contribution < -0.4 is 10.6 Å². The largest absolute Gasteiger partial charge is 0.480 e. The third kappa shape index (κ3) is 15.4. The summed E-state index contributed by atoms with van der Waals surface area (Å²) < 4.78 is 0. The molecular formula is C16H34Br2N2O4. The van der Waals surface area contributed by atoms with Crippen LogP contribution in [-0.4, -0.2) is 47.3 Å². The summed E-state index contributed by atoms with van der Waals surface area (Å²) in [4.78, 5) is 21.9. The van der Waals surface area contributed by atoms with Crippen molar-refractivity contribution in [3.63, 3.8) is 0 Å². The second-order valence-electron chi connectivity index (χ2n) is 5.68. The maximum absolute atomic E-state index is 10.9. The Morgan fingerprint density at radius 2 is 1.08 bits per heavy atom. The van der Waals surface area contributed by atoms with Crippen molar-refractivity contribution >= 4 is 45.9 Å². The Balaban J connectivity index is -0.00000220. The molecule has 0 spiro atoms. The number of unbranched alkanes of at least 4 members (excludes halogenated alkanes) is 3. The van der Waals surface area contributed by atoms with Crippen LogP contribution in [0.4, 0.5) is 0 Å². The quantitative estimate of drug-likeness (QED) is 0.270. The van der Waals surface area contributed by atoms with Gasteiger partial charge < -0.3 is 20.8 Å². The van der Waals surface area contributed by atoms with Crippen molar-refractivity contribution in [2.24, 2.45) is 0 Å². The van der Waals surface area contributed by atoms with Crippen molar-refractivity contribution < 1.29 is 19.8 Å². The molecule has 0 saturated heterocycles. The smallest absolute Gasteiger partial charge is 0.320 e. The van der Waals surface area contributed by atoms with Crippen molar-refractivity contribution in [2.75, 3.05) is 13.1 Å². The second kappa shape index (κ2) is 19.1. The first kappa shape index (κ1) is 28.6. The van der Waals surface area contributed by atoms with Crippen LogP contribution >= 0.6 is 34.0 Å². The Morgan fingerprint density at radius 1 is 0.750 bits per heavy atom. The molecule has 0 radical (unpaired) electrons. The summed E-state index contributed by atoms with van der Waals surface area (Å²) in [7, 11) is 0. The number of carboxylic acid groups (broad SMARTS) is 2. The van der Waals surface area contributed by atoms with Gasteiger partial charge >= 0.3 is 11.9 Å². The maximum Gasteiger partial charge on any atom is 0.320 e. The van der Waals surface area contributed by atoms with Crippen molar-refractivity contribution in [3.05, 3.63) is 0 Å². The van der Waals surface area contributed by atoms with Gasteiger partial charge in [-0.15, -0.1) is 34.0 Å². The molecule has 6 nitrogen and oxygen atoms in total. The molecule has 0 aliphatic heterocycles. The predicted octanol–water partition coefficient (Wildman–Crippen LogP) is 3.39. The van der Waals surface area contributed by atoms with E-state index in [1.54, 1.807) is 0 Å². The summed E-state index contributed by atoms with van der Waals surface area (Å²) in [6.45, 7) is 5.40. The highest BCUT2D eigenvalue weighted by Gasteiger charge is 2.15. The lowest BCUT2D eigenvalue weighted by Crippen LogP contribution is -2.37. The van der Waals surface area contributed by atoms with Crippen LogP contribution in [-0.2, 0) is 9.59 Å². The van der Waals surface area contributed by atoms with Gasteiger partial charge in [0, 0.05) is 0 Å². The van der Waals surface area contributed by atoms with Gasteiger partial charge in [-0.1, -0.05) is 39.5 Å². The van der Waals surface area contributed by atoms with Gasteiger partial charge in [-0.25, -0.2) is 0 Å². The van der Waals surface area contributed by atoms with E-state index < -0.39 is 24.0 Å². The summed E-state index contributed by atoms with van der Waals surface area (Å²) in [5.74, 6) is -1.55. The fraction of sp³-hybridized carbons (Fsp3) is 0.875. The molecule has 146 valence electrons. The van der Waals surface area contributed by atoms with Gasteiger partial charge in [0.25, 0.3) is 0 Å². The molecule has 0 fully saturated rings. The molecule has 2 unspecified atom stereocenters. The molecule has 0 rings (SSSR count). The van der Waals surface area contributed by atoms with E-state index in [9.17, 15) is 9.59 Å². The van der Waals surface area contributed by atoms with Crippen molar-refractivity contribution in [1.29, 1.82) is 0 Å². The van der Waals surface area contributed by atoms with Crippen molar-refractivity contribution in [3.8, 4) is 0 Å². The number of rotatable bonds is 15. The molecule has 8 heteroatoms. The van der Waals surface area contributed by atoms with E-state index in [0.717, 1.165) is 51.6 Å². The van der Waals surface area contributed by atoms with E-state index in [2.05, 4.69) is 10.6 Å². The zero-order chi connectivity index (χ0) is 16.8. The average Bonchev–Trinajstić information content (AvgIpc) is 2.47. The molecule has 0 saturated carbocycles. The van der Waals surface area contributed by atoms with Gasteiger partial charge in [0.15, 0.2) is 0 Å². The zero-order valence-electron chi connectivity index (χ0n) is 14.8. The third-order valence-corrected chi connectivity index (χ3v) is 3.64. The average molecular weight is 478 g/mol. The molecule has 24 heavy (non-hydrogen) atoms. The third-order valence-electron chi connectivity index (χ3n) is 3.64. The first-order valence-electron chi connectivity index (χ1n) is 8.45. The highest BCUT2D eigenvalue weighted by atomic mass is 79.9. The first-order chi connectivity index (χ1) is 10.5. The minimum absolute atomic E-state index is 0. The summed E-state index contributed by atoms with van der Waals surface area (Å²) >= 11 is 0. The number of nitrogens with one attached hydrogen (secondary N) is 2. The van der Waals surface area contributed by atoms with Crippen molar-refractivity contribution in [2.45, 2.75) is 77.3 Å². The fourth-order valence-electron chi connectivity index (χ4n) is 2.36. The molecule has 0 heterocycles. The molecule has 0 amide bonds. The number of halogens is 2. The molecule has 4 N–H and O–H groups in total. The molecule has 0 aromatic rings. The second-order valence-corrected chi connectivity index (χ2v) is 5.68. The standard InChI is InChI=1S/C16H32N2O4.2BrH/c1-3-9-13(15(19)20)17-11-7-5-6-8-12-18-14(10-4-2)16(21)22;;/h13-14,17-18H,3-12H2,1-2H3,(H,19,20)(H,21,22);2*1H. The Bertz CT molecular complexity index is 290.